The van der Waals surface area contributed by atoms with Gasteiger partial charge in [-0.2, -0.15) is 0 Å². The van der Waals surface area contributed by atoms with Crippen LogP contribution in [0.3, 0.4) is 0 Å². The molecule has 2 heterocycles. The minimum Gasteiger partial charge on any atom is -0.468 e. The van der Waals surface area contributed by atoms with Crippen LogP contribution in [0.2, 0.25) is 0 Å². The lowest BCUT2D eigenvalue weighted by Gasteiger charge is -1.99. The van der Waals surface area contributed by atoms with Crippen molar-refractivity contribution in [2.24, 2.45) is 5.84 Å². The van der Waals surface area contributed by atoms with E-state index in [9.17, 15) is 9.59 Å². The number of anilines is 1. The number of nitrogens with two attached hydrogens (primary N) is 2. The van der Waals surface area contributed by atoms with Gasteiger partial charge in [0.25, 0.3) is 11.5 Å². The van der Waals surface area contributed by atoms with Crippen molar-refractivity contribution in [1.29, 1.82) is 0 Å². The van der Waals surface area contributed by atoms with E-state index in [2.05, 4.69) is 9.97 Å². The van der Waals surface area contributed by atoms with Crippen LogP contribution in [0.5, 0.6) is 0 Å². The van der Waals surface area contributed by atoms with Crippen LogP contribution in [0.25, 0.3) is 0 Å². The van der Waals surface area contributed by atoms with Gasteiger partial charge in [-0.1, -0.05) is 11.8 Å². The highest BCUT2D eigenvalue weighted by molar-refractivity contribution is 7.98. The predicted molar refractivity (Wildman–Crippen MR) is 69.2 cm³/mol. The quantitative estimate of drug-likeness (QED) is 0.201. The van der Waals surface area contributed by atoms with Crippen LogP contribution in [0.15, 0.2) is 32.8 Å². The number of hydrogen-bond acceptors (Lipinski definition) is 7. The van der Waals surface area contributed by atoms with Crippen LogP contribution in [-0.2, 0) is 5.75 Å². The standard InChI is InChI=1S/C10H11N5O3S/c11-7-2-8(16)14-10(13-7)19-4-6-1-5(3-18-6)9(17)15-12/h1-3H,4,12H2,(H,15,17)(H3,11,13,14,16). The second-order valence-corrected chi connectivity index (χ2v) is 4.50. The minimum absolute atomic E-state index is 0.147. The highest BCUT2D eigenvalue weighted by Crippen LogP contribution is 2.20. The Balaban J connectivity index is 2.04. The Kier molecular flexibility index (Phi) is 3.88. The summed E-state index contributed by atoms with van der Waals surface area (Å²) >= 11 is 1.23. The van der Waals surface area contributed by atoms with Crippen molar-refractivity contribution in [1.82, 2.24) is 15.4 Å². The summed E-state index contributed by atoms with van der Waals surface area (Å²) < 4.78 is 5.18. The molecule has 0 saturated carbocycles. The Morgan fingerprint density at radius 3 is 3.00 bits per heavy atom. The van der Waals surface area contributed by atoms with E-state index in [1.165, 1.54) is 24.1 Å². The molecular formula is C10H11N5O3S. The fraction of sp³-hybridized carbons (Fsp3) is 0.100. The second kappa shape index (κ2) is 5.59. The predicted octanol–water partition coefficient (Wildman–Crippen LogP) is -0.159. The molecular weight excluding hydrogens is 270 g/mol. The Bertz CT molecular complexity index is 651. The van der Waals surface area contributed by atoms with Crippen molar-refractivity contribution in [3.05, 3.63) is 40.1 Å². The first-order chi connectivity index (χ1) is 9.08. The third-order valence-electron chi connectivity index (χ3n) is 2.14. The molecule has 6 N–H and O–H groups in total. The van der Waals surface area contributed by atoms with E-state index in [0.717, 1.165) is 0 Å². The Labute approximate surface area is 111 Å². The van der Waals surface area contributed by atoms with Crippen molar-refractivity contribution in [2.75, 3.05) is 5.73 Å². The van der Waals surface area contributed by atoms with Gasteiger partial charge >= 0.3 is 0 Å². The summed E-state index contributed by atoms with van der Waals surface area (Å²) in [6, 6.07) is 2.75. The molecule has 0 fully saturated rings. The number of nitrogens with zero attached hydrogens (tertiary/aromatic N) is 1. The lowest BCUT2D eigenvalue weighted by molar-refractivity contribution is 0.0953. The van der Waals surface area contributed by atoms with Crippen molar-refractivity contribution in [3.8, 4) is 0 Å². The van der Waals surface area contributed by atoms with Crippen LogP contribution in [0, 0.1) is 0 Å². The number of carbonyl (C=O) groups is 1. The van der Waals surface area contributed by atoms with Crippen LogP contribution in [0.1, 0.15) is 16.1 Å². The summed E-state index contributed by atoms with van der Waals surface area (Å²) in [5.41, 5.74) is 7.46. The van der Waals surface area contributed by atoms with Gasteiger partial charge in [-0.05, 0) is 6.07 Å². The number of furan rings is 1. The van der Waals surface area contributed by atoms with Crippen molar-refractivity contribution in [3.63, 3.8) is 0 Å². The molecule has 2 aromatic heterocycles. The number of amides is 1. The van der Waals surface area contributed by atoms with E-state index in [4.69, 9.17) is 16.0 Å². The van der Waals surface area contributed by atoms with E-state index >= 15 is 0 Å². The van der Waals surface area contributed by atoms with Gasteiger partial charge in [0.1, 0.15) is 17.8 Å². The lowest BCUT2D eigenvalue weighted by atomic mass is 10.3. The van der Waals surface area contributed by atoms with Crippen molar-refractivity contribution < 1.29 is 9.21 Å². The number of H-pyrrole nitrogens is 1. The van der Waals surface area contributed by atoms with Gasteiger partial charge in [0.05, 0.1) is 11.3 Å². The number of thioether (sulfide) groups is 1. The molecule has 0 spiro atoms. The summed E-state index contributed by atoms with van der Waals surface area (Å²) in [4.78, 5) is 28.9. The van der Waals surface area contributed by atoms with Gasteiger partial charge in [-0.25, -0.2) is 10.8 Å². The molecule has 0 aliphatic rings. The number of aromatic amines is 1. The van der Waals surface area contributed by atoms with Crippen LogP contribution < -0.4 is 22.6 Å². The largest absolute Gasteiger partial charge is 0.468 e. The number of rotatable bonds is 4. The highest BCUT2D eigenvalue weighted by Gasteiger charge is 2.09. The number of nitrogen functional groups attached to an aromatic ring is 2. The smallest absolute Gasteiger partial charge is 0.268 e. The molecule has 19 heavy (non-hydrogen) atoms. The summed E-state index contributed by atoms with van der Waals surface area (Å²) in [7, 11) is 0. The normalized spacial score (nSPS) is 10.4. The molecule has 8 nitrogen and oxygen atoms in total. The molecule has 0 aliphatic heterocycles. The van der Waals surface area contributed by atoms with Gasteiger partial charge in [0.2, 0.25) is 0 Å². The summed E-state index contributed by atoms with van der Waals surface area (Å²) in [6.45, 7) is 0. The minimum atomic E-state index is -0.435. The summed E-state index contributed by atoms with van der Waals surface area (Å²) in [5, 5.41) is 0.381. The van der Waals surface area contributed by atoms with Crippen LogP contribution in [0.4, 0.5) is 5.82 Å². The molecule has 0 saturated heterocycles. The molecule has 0 aliphatic carbocycles. The highest BCUT2D eigenvalue weighted by atomic mass is 32.2. The molecule has 0 bridgehead atoms. The monoisotopic (exact) mass is 281 g/mol. The number of aromatic nitrogens is 2. The number of hydrogen-bond donors (Lipinski definition) is 4. The van der Waals surface area contributed by atoms with E-state index < -0.39 is 5.91 Å². The molecule has 0 radical (unpaired) electrons. The summed E-state index contributed by atoms with van der Waals surface area (Å²) in [5.74, 6) is 5.66. The SMILES string of the molecule is NNC(=O)c1coc(CSc2nc(N)cc(=O)[nH]2)c1. The molecule has 2 rings (SSSR count). The fourth-order valence-electron chi connectivity index (χ4n) is 1.32. The Morgan fingerprint density at radius 1 is 1.53 bits per heavy atom. The van der Waals surface area contributed by atoms with Gasteiger partial charge in [0.15, 0.2) is 5.16 Å². The second-order valence-electron chi connectivity index (χ2n) is 3.54. The topological polar surface area (TPSA) is 140 Å². The average Bonchev–Trinajstić information content (AvgIpc) is 2.83. The zero-order valence-corrected chi connectivity index (χ0v) is 10.5. The third-order valence-corrected chi connectivity index (χ3v) is 3.03. The third kappa shape index (κ3) is 3.36. The average molecular weight is 281 g/mol. The maximum absolute atomic E-state index is 11.2. The first-order valence-electron chi connectivity index (χ1n) is 5.16. The van der Waals surface area contributed by atoms with Gasteiger partial charge in [-0.15, -0.1) is 0 Å². The maximum Gasteiger partial charge on any atom is 0.268 e. The van der Waals surface area contributed by atoms with Crippen molar-refractivity contribution >= 4 is 23.5 Å². The molecule has 0 aromatic carbocycles. The van der Waals surface area contributed by atoms with Crippen molar-refractivity contribution in [2.45, 2.75) is 10.9 Å². The zero-order chi connectivity index (χ0) is 13.8. The molecule has 0 unspecified atom stereocenters. The van der Waals surface area contributed by atoms with Gasteiger partial charge < -0.3 is 15.1 Å². The fourth-order valence-corrected chi connectivity index (χ4v) is 2.09. The Hall–Kier alpha value is -2.26. The van der Waals surface area contributed by atoms with Crippen LogP contribution in [-0.4, -0.2) is 15.9 Å². The van der Waals surface area contributed by atoms with E-state index in [0.29, 0.717) is 22.2 Å². The molecule has 0 atom stereocenters. The van der Waals surface area contributed by atoms with Gasteiger partial charge in [0, 0.05) is 6.07 Å². The van der Waals surface area contributed by atoms with E-state index in [1.54, 1.807) is 6.07 Å². The number of hydrazine groups is 1. The van der Waals surface area contributed by atoms with Crippen LogP contribution >= 0.6 is 11.8 Å². The zero-order valence-electron chi connectivity index (χ0n) is 9.67. The Morgan fingerprint density at radius 2 is 2.32 bits per heavy atom. The first kappa shape index (κ1) is 13.2. The van der Waals surface area contributed by atoms with E-state index in [-0.39, 0.29) is 11.4 Å². The molecule has 1 amide bonds. The van der Waals surface area contributed by atoms with Gasteiger partial charge in [-0.3, -0.25) is 15.0 Å². The molecule has 9 heteroatoms. The number of nitrogens with one attached hydrogen (secondary N) is 2. The lowest BCUT2D eigenvalue weighted by Crippen LogP contribution is -2.29. The number of carbonyl (C=O) groups excluding carboxylic acids is 1. The maximum atomic E-state index is 11.2. The summed E-state index contributed by atoms with van der Waals surface area (Å²) in [6.07, 6.45) is 1.30. The molecule has 100 valence electrons. The first-order valence-corrected chi connectivity index (χ1v) is 6.15. The van der Waals surface area contributed by atoms with E-state index in [1.807, 2.05) is 5.43 Å². The molecule has 2 aromatic rings.